The van der Waals surface area contributed by atoms with E-state index in [9.17, 15) is 0 Å². The molecule has 0 saturated carbocycles. The van der Waals surface area contributed by atoms with Gasteiger partial charge >= 0.3 is 0 Å². The van der Waals surface area contributed by atoms with Crippen molar-refractivity contribution in [1.29, 1.82) is 0 Å². The molecule has 0 radical (unpaired) electrons. The lowest BCUT2D eigenvalue weighted by molar-refractivity contribution is 0.187. The molecule has 17 heavy (non-hydrogen) atoms. The Kier molecular flexibility index (Phi) is 3.75. The van der Waals surface area contributed by atoms with Crippen LogP contribution in [0.25, 0.3) is 11.6 Å². The van der Waals surface area contributed by atoms with Crippen LogP contribution in [0.5, 0.6) is 0 Å². The Bertz CT molecular complexity index is 541. The minimum absolute atomic E-state index is 0.575. The van der Waals surface area contributed by atoms with Gasteiger partial charge in [0, 0.05) is 13.5 Å². The molecule has 0 aromatic carbocycles. The molecule has 0 unspecified atom stereocenters. The van der Waals surface area contributed by atoms with Crippen molar-refractivity contribution < 1.29 is 9.15 Å². The van der Waals surface area contributed by atoms with Gasteiger partial charge in [0.25, 0.3) is 0 Å². The Balaban J connectivity index is 2.34. The van der Waals surface area contributed by atoms with Gasteiger partial charge < -0.3 is 9.15 Å². The van der Waals surface area contributed by atoms with Crippen LogP contribution in [-0.2, 0) is 17.7 Å². The van der Waals surface area contributed by atoms with E-state index < -0.39 is 0 Å². The Labute approximate surface area is 104 Å². The molecule has 0 aliphatic heterocycles. The largest absolute Gasteiger partial charge is 0.458 e. The average Bonchev–Trinajstić information content (AvgIpc) is 2.93. The summed E-state index contributed by atoms with van der Waals surface area (Å²) in [6, 6.07) is 3.86. The summed E-state index contributed by atoms with van der Waals surface area (Å²) < 4.78 is 13.2. The first-order chi connectivity index (χ1) is 8.26. The minimum Gasteiger partial charge on any atom is -0.458 e. The highest BCUT2D eigenvalue weighted by atomic mass is 32.1. The van der Waals surface area contributed by atoms with Crippen LogP contribution in [0.4, 0.5) is 0 Å². The van der Waals surface area contributed by atoms with Gasteiger partial charge in [-0.15, -0.1) is 0 Å². The highest BCUT2D eigenvalue weighted by Crippen LogP contribution is 2.20. The average molecular weight is 253 g/mol. The predicted octanol–water partition coefficient (Wildman–Crippen LogP) is 2.41. The number of aromatic amines is 1. The van der Waals surface area contributed by atoms with Crippen LogP contribution in [0.1, 0.15) is 12.7 Å². The third-order valence-electron chi connectivity index (χ3n) is 2.51. The SMILES string of the molecule is CCc1ccc(-c2n[nH]c(=S)n2CCOC)o1. The second-order valence-electron chi connectivity index (χ2n) is 3.62. The first kappa shape index (κ1) is 12.1. The van der Waals surface area contributed by atoms with E-state index in [0.29, 0.717) is 23.7 Å². The lowest BCUT2D eigenvalue weighted by Gasteiger charge is -2.03. The highest BCUT2D eigenvalue weighted by Gasteiger charge is 2.12. The van der Waals surface area contributed by atoms with Crippen molar-refractivity contribution in [1.82, 2.24) is 14.8 Å². The molecule has 2 aromatic rings. The van der Waals surface area contributed by atoms with Crippen LogP contribution in [0.15, 0.2) is 16.5 Å². The maximum absolute atomic E-state index is 5.66. The summed E-state index contributed by atoms with van der Waals surface area (Å²) in [5, 5.41) is 6.96. The number of aryl methyl sites for hydroxylation is 1. The van der Waals surface area contributed by atoms with Crippen molar-refractivity contribution >= 4 is 12.2 Å². The molecule has 0 fully saturated rings. The van der Waals surface area contributed by atoms with Crippen molar-refractivity contribution in [2.45, 2.75) is 19.9 Å². The number of hydrogen-bond donors (Lipinski definition) is 1. The smallest absolute Gasteiger partial charge is 0.198 e. The number of furan rings is 1. The Morgan fingerprint density at radius 1 is 1.53 bits per heavy atom. The lowest BCUT2D eigenvalue weighted by Crippen LogP contribution is -2.05. The molecule has 92 valence electrons. The molecule has 2 aromatic heterocycles. The zero-order valence-electron chi connectivity index (χ0n) is 9.90. The number of hydrogen-bond acceptors (Lipinski definition) is 4. The Morgan fingerprint density at radius 3 is 3.00 bits per heavy atom. The molecule has 0 aliphatic rings. The first-order valence-electron chi connectivity index (χ1n) is 5.49. The first-order valence-corrected chi connectivity index (χ1v) is 5.90. The zero-order chi connectivity index (χ0) is 12.3. The number of H-pyrrole nitrogens is 1. The van der Waals surface area contributed by atoms with Crippen LogP contribution in [-0.4, -0.2) is 28.5 Å². The van der Waals surface area contributed by atoms with Crippen molar-refractivity contribution in [3.63, 3.8) is 0 Å². The summed E-state index contributed by atoms with van der Waals surface area (Å²) in [7, 11) is 1.66. The van der Waals surface area contributed by atoms with Crippen LogP contribution < -0.4 is 0 Å². The van der Waals surface area contributed by atoms with E-state index >= 15 is 0 Å². The normalized spacial score (nSPS) is 10.9. The van der Waals surface area contributed by atoms with E-state index in [-0.39, 0.29) is 0 Å². The van der Waals surface area contributed by atoms with Crippen molar-refractivity contribution in [2.24, 2.45) is 0 Å². The summed E-state index contributed by atoms with van der Waals surface area (Å²) in [5.74, 6) is 2.38. The van der Waals surface area contributed by atoms with Crippen molar-refractivity contribution in [2.75, 3.05) is 13.7 Å². The van der Waals surface area contributed by atoms with Crippen LogP contribution in [0, 0.1) is 4.77 Å². The van der Waals surface area contributed by atoms with Crippen LogP contribution >= 0.6 is 12.2 Å². The molecule has 0 aliphatic carbocycles. The zero-order valence-corrected chi connectivity index (χ0v) is 10.7. The Morgan fingerprint density at radius 2 is 2.35 bits per heavy atom. The Hall–Kier alpha value is -1.40. The fourth-order valence-corrected chi connectivity index (χ4v) is 1.81. The van der Waals surface area contributed by atoms with Gasteiger partial charge in [-0.1, -0.05) is 6.92 Å². The number of nitrogens with zero attached hydrogens (tertiary/aromatic N) is 2. The summed E-state index contributed by atoms with van der Waals surface area (Å²) in [4.78, 5) is 0. The summed E-state index contributed by atoms with van der Waals surface area (Å²) in [5.41, 5.74) is 0. The van der Waals surface area contributed by atoms with Gasteiger partial charge in [-0.2, -0.15) is 5.10 Å². The maximum atomic E-state index is 5.66. The molecule has 0 amide bonds. The van der Waals surface area contributed by atoms with E-state index in [0.717, 1.165) is 17.9 Å². The number of ether oxygens (including phenoxy) is 1. The van der Waals surface area contributed by atoms with Crippen molar-refractivity contribution in [3.8, 4) is 11.6 Å². The highest BCUT2D eigenvalue weighted by molar-refractivity contribution is 7.71. The van der Waals surface area contributed by atoms with Crippen LogP contribution in [0.2, 0.25) is 0 Å². The number of aromatic nitrogens is 3. The van der Waals surface area contributed by atoms with E-state index in [2.05, 4.69) is 10.2 Å². The molecular weight excluding hydrogens is 238 g/mol. The molecule has 2 rings (SSSR count). The molecule has 0 saturated heterocycles. The summed E-state index contributed by atoms with van der Waals surface area (Å²) in [6.07, 6.45) is 0.864. The molecule has 5 nitrogen and oxygen atoms in total. The maximum Gasteiger partial charge on any atom is 0.198 e. The molecule has 6 heteroatoms. The minimum atomic E-state index is 0.575. The third kappa shape index (κ3) is 2.48. The standard InChI is InChI=1S/C11H15N3O2S/c1-3-8-4-5-9(16-8)10-12-13-11(17)14(10)6-7-15-2/h4-5H,3,6-7H2,1-2H3,(H,13,17). The molecule has 0 atom stereocenters. The topological polar surface area (TPSA) is 56.0 Å². The van der Waals surface area contributed by atoms with Gasteiger partial charge in [0.05, 0.1) is 13.2 Å². The fourth-order valence-electron chi connectivity index (χ4n) is 1.58. The second kappa shape index (κ2) is 5.29. The summed E-state index contributed by atoms with van der Waals surface area (Å²) >= 11 is 5.17. The molecule has 0 spiro atoms. The number of nitrogens with one attached hydrogen (secondary N) is 1. The monoisotopic (exact) mass is 253 g/mol. The van der Waals surface area contributed by atoms with E-state index in [4.69, 9.17) is 21.4 Å². The van der Waals surface area contributed by atoms with Gasteiger partial charge in [0.2, 0.25) is 0 Å². The van der Waals surface area contributed by atoms with Gasteiger partial charge in [-0.25, -0.2) is 0 Å². The summed E-state index contributed by atoms with van der Waals surface area (Å²) in [6.45, 7) is 3.29. The fraction of sp³-hybridized carbons (Fsp3) is 0.455. The predicted molar refractivity (Wildman–Crippen MR) is 66.4 cm³/mol. The number of rotatable bonds is 5. The quantitative estimate of drug-likeness (QED) is 0.831. The van der Waals surface area contributed by atoms with E-state index in [1.54, 1.807) is 7.11 Å². The molecule has 0 bridgehead atoms. The lowest BCUT2D eigenvalue weighted by atomic mass is 10.3. The van der Waals surface area contributed by atoms with Gasteiger partial charge in [-0.05, 0) is 24.4 Å². The molecule has 1 N–H and O–H groups in total. The second-order valence-corrected chi connectivity index (χ2v) is 4.00. The molecular formula is C11H15N3O2S. The third-order valence-corrected chi connectivity index (χ3v) is 2.82. The van der Waals surface area contributed by atoms with Gasteiger partial charge in [-0.3, -0.25) is 9.67 Å². The molecule has 2 heterocycles. The van der Waals surface area contributed by atoms with Gasteiger partial charge in [0.1, 0.15) is 5.76 Å². The number of methoxy groups -OCH3 is 1. The van der Waals surface area contributed by atoms with E-state index in [1.165, 1.54) is 0 Å². The van der Waals surface area contributed by atoms with E-state index in [1.807, 2.05) is 23.6 Å². The van der Waals surface area contributed by atoms with Gasteiger partial charge in [0.15, 0.2) is 16.4 Å². The van der Waals surface area contributed by atoms with Crippen molar-refractivity contribution in [3.05, 3.63) is 22.7 Å². The van der Waals surface area contributed by atoms with Crippen LogP contribution in [0.3, 0.4) is 0 Å².